The minimum Gasteiger partial charge on any atom is -0.344 e. The molecule has 4 nitrogen and oxygen atoms in total. The van der Waals surface area contributed by atoms with Crippen molar-refractivity contribution in [3.8, 4) is 6.07 Å². The predicted molar refractivity (Wildman–Crippen MR) is 109 cm³/mol. The molecule has 2 aliphatic heterocycles. The van der Waals surface area contributed by atoms with Gasteiger partial charge in [0.2, 0.25) is 5.91 Å². The summed E-state index contributed by atoms with van der Waals surface area (Å²) in [6, 6.07) is 17.0. The number of anilines is 1. The van der Waals surface area contributed by atoms with Gasteiger partial charge in [-0.05, 0) is 35.7 Å². The summed E-state index contributed by atoms with van der Waals surface area (Å²) in [6.07, 6.45) is 1.09. The Kier molecular flexibility index (Phi) is 5.10. The van der Waals surface area contributed by atoms with Gasteiger partial charge < -0.3 is 4.90 Å². The summed E-state index contributed by atoms with van der Waals surface area (Å²) in [4.78, 5) is 16.7. The van der Waals surface area contributed by atoms with Crippen molar-refractivity contribution in [2.75, 3.05) is 17.4 Å². The average molecular weight is 393 g/mol. The number of carbonyl (C=O) groups excluding carboxylic acids is 1. The molecule has 1 fully saturated rings. The lowest BCUT2D eigenvalue weighted by atomic mass is 9.86. The van der Waals surface area contributed by atoms with E-state index in [1.165, 1.54) is 23.4 Å². The quantitative estimate of drug-likeness (QED) is 0.764. The van der Waals surface area contributed by atoms with Crippen molar-refractivity contribution >= 4 is 23.4 Å². The smallest absolute Gasteiger partial charge is 0.229 e. The van der Waals surface area contributed by atoms with Crippen LogP contribution in [0.5, 0.6) is 0 Å². The third kappa shape index (κ3) is 3.27. The number of rotatable bonds is 3. The van der Waals surface area contributed by atoms with E-state index in [4.69, 9.17) is 0 Å². The van der Waals surface area contributed by atoms with Gasteiger partial charge in [0, 0.05) is 18.0 Å². The zero-order chi connectivity index (χ0) is 19.7. The second kappa shape index (κ2) is 7.69. The molecular formula is C22H20FN3OS. The second-order valence-electron chi connectivity index (χ2n) is 6.91. The molecule has 6 heteroatoms. The highest BCUT2D eigenvalue weighted by Crippen LogP contribution is 2.43. The second-order valence-corrected chi connectivity index (χ2v) is 7.84. The Balaban J connectivity index is 1.65. The van der Waals surface area contributed by atoms with E-state index in [-0.39, 0.29) is 18.1 Å². The molecular weight excluding hydrogens is 373 g/mol. The molecule has 4 rings (SSSR count). The minimum atomic E-state index is -0.521. The van der Waals surface area contributed by atoms with Crippen LogP contribution < -0.4 is 4.90 Å². The van der Waals surface area contributed by atoms with Crippen LogP contribution in [0.3, 0.4) is 0 Å². The Hall–Kier alpha value is -2.78. The van der Waals surface area contributed by atoms with E-state index in [1.54, 1.807) is 23.1 Å². The van der Waals surface area contributed by atoms with Gasteiger partial charge in [-0.3, -0.25) is 9.69 Å². The fraction of sp³-hybridized carbons (Fsp3) is 0.273. The highest BCUT2D eigenvalue weighted by Gasteiger charge is 2.39. The lowest BCUT2D eigenvalue weighted by Crippen LogP contribution is -2.47. The Morgan fingerprint density at radius 3 is 2.64 bits per heavy atom. The summed E-state index contributed by atoms with van der Waals surface area (Å²) >= 11 is 1.47. The number of hydrogen-bond acceptors (Lipinski definition) is 4. The van der Waals surface area contributed by atoms with Crippen molar-refractivity contribution in [1.29, 1.82) is 5.26 Å². The first kappa shape index (κ1) is 18.6. The maximum atomic E-state index is 14.3. The number of thioether (sulfide) groups is 1. The number of carbonyl (C=O) groups is 1. The fourth-order valence-corrected chi connectivity index (χ4v) is 4.86. The van der Waals surface area contributed by atoms with E-state index in [0.29, 0.717) is 28.7 Å². The van der Waals surface area contributed by atoms with Crippen LogP contribution in [0.1, 0.15) is 30.4 Å². The number of fused-ring (bicyclic) bond motifs is 1. The highest BCUT2D eigenvalue weighted by atomic mass is 32.2. The molecule has 2 aromatic carbocycles. The lowest BCUT2D eigenvalue weighted by molar-refractivity contribution is -0.129. The van der Waals surface area contributed by atoms with Gasteiger partial charge in [0.25, 0.3) is 0 Å². The van der Waals surface area contributed by atoms with Crippen molar-refractivity contribution in [3.63, 3.8) is 0 Å². The van der Waals surface area contributed by atoms with Gasteiger partial charge in [-0.15, -0.1) is 0 Å². The van der Waals surface area contributed by atoms with Gasteiger partial charge in [0.1, 0.15) is 5.82 Å². The molecule has 0 aromatic heterocycles. The molecule has 0 unspecified atom stereocenters. The van der Waals surface area contributed by atoms with E-state index in [2.05, 4.69) is 42.2 Å². The molecule has 2 aliphatic rings. The standard InChI is InChI=1S/C22H20FN3OS/c1-2-15-7-9-16(10-8-15)25-13-26-21(27)11-18(17-5-3-4-6-20(17)23)19(12-24)22(26)28-14-25/h3-10,18H,2,11,13-14H2,1H3/t18-/m0/s1. The zero-order valence-electron chi connectivity index (χ0n) is 15.6. The number of halogens is 1. The normalized spacial score (nSPS) is 19.5. The predicted octanol–water partition coefficient (Wildman–Crippen LogP) is 4.61. The Bertz CT molecular complexity index is 980. The number of hydrogen-bond donors (Lipinski definition) is 0. The molecule has 0 bridgehead atoms. The topological polar surface area (TPSA) is 47.3 Å². The van der Waals surface area contributed by atoms with Crippen LogP contribution in [-0.4, -0.2) is 23.4 Å². The number of allylic oxidation sites excluding steroid dienone is 1. The van der Waals surface area contributed by atoms with Crippen LogP contribution >= 0.6 is 11.8 Å². The largest absolute Gasteiger partial charge is 0.344 e. The molecule has 2 heterocycles. The molecule has 1 amide bonds. The van der Waals surface area contributed by atoms with Crippen LogP contribution in [0.4, 0.5) is 10.1 Å². The Morgan fingerprint density at radius 2 is 1.96 bits per heavy atom. The van der Waals surface area contributed by atoms with Gasteiger partial charge in [-0.1, -0.05) is 49.0 Å². The van der Waals surface area contributed by atoms with Crippen LogP contribution in [0, 0.1) is 17.1 Å². The van der Waals surface area contributed by atoms with Crippen molar-refractivity contribution in [2.45, 2.75) is 25.7 Å². The van der Waals surface area contributed by atoms with Gasteiger partial charge in [0.15, 0.2) is 0 Å². The van der Waals surface area contributed by atoms with Crippen molar-refractivity contribution in [3.05, 3.63) is 76.1 Å². The molecule has 0 aliphatic carbocycles. The molecule has 0 radical (unpaired) electrons. The van der Waals surface area contributed by atoms with E-state index in [0.717, 1.165) is 12.1 Å². The summed E-state index contributed by atoms with van der Waals surface area (Å²) < 4.78 is 14.3. The van der Waals surface area contributed by atoms with Gasteiger partial charge in [-0.2, -0.15) is 5.26 Å². The van der Waals surface area contributed by atoms with Crippen LogP contribution in [0.25, 0.3) is 0 Å². The van der Waals surface area contributed by atoms with E-state index >= 15 is 0 Å². The summed E-state index contributed by atoms with van der Waals surface area (Å²) in [5.74, 6) is -0.335. The molecule has 1 atom stereocenters. The first-order chi connectivity index (χ1) is 13.6. The lowest BCUT2D eigenvalue weighted by Gasteiger charge is -2.42. The molecule has 28 heavy (non-hydrogen) atoms. The number of nitriles is 1. The third-order valence-electron chi connectivity index (χ3n) is 5.28. The molecule has 0 N–H and O–H groups in total. The summed E-state index contributed by atoms with van der Waals surface area (Å²) in [5, 5.41) is 10.4. The molecule has 0 spiro atoms. The zero-order valence-corrected chi connectivity index (χ0v) is 16.4. The summed E-state index contributed by atoms with van der Waals surface area (Å²) in [6.45, 7) is 2.52. The monoisotopic (exact) mass is 393 g/mol. The van der Waals surface area contributed by atoms with Crippen molar-refractivity contribution < 1.29 is 9.18 Å². The third-order valence-corrected chi connectivity index (χ3v) is 6.44. The number of aryl methyl sites for hydroxylation is 1. The van der Waals surface area contributed by atoms with Gasteiger partial charge in [-0.25, -0.2) is 4.39 Å². The van der Waals surface area contributed by atoms with Crippen LogP contribution in [0.15, 0.2) is 59.1 Å². The first-order valence-electron chi connectivity index (χ1n) is 9.28. The Morgan fingerprint density at radius 1 is 1.21 bits per heavy atom. The maximum Gasteiger partial charge on any atom is 0.229 e. The number of nitrogens with zero attached hydrogens (tertiary/aromatic N) is 3. The van der Waals surface area contributed by atoms with Gasteiger partial charge >= 0.3 is 0 Å². The SMILES string of the molecule is CCc1ccc(N2CSC3=C(C#N)[C@H](c4ccccc4F)CC(=O)N3C2)cc1. The summed E-state index contributed by atoms with van der Waals surface area (Å²) in [5.41, 5.74) is 3.21. The molecule has 2 aromatic rings. The molecule has 142 valence electrons. The molecule has 1 saturated heterocycles. The fourth-order valence-electron chi connectivity index (χ4n) is 3.69. The van der Waals surface area contributed by atoms with Crippen molar-refractivity contribution in [2.24, 2.45) is 0 Å². The van der Waals surface area contributed by atoms with Crippen LogP contribution in [-0.2, 0) is 11.2 Å². The summed E-state index contributed by atoms with van der Waals surface area (Å²) in [7, 11) is 0. The van der Waals surface area contributed by atoms with E-state index < -0.39 is 5.92 Å². The minimum absolute atomic E-state index is 0.0790. The first-order valence-corrected chi connectivity index (χ1v) is 10.3. The van der Waals surface area contributed by atoms with Gasteiger partial charge in [0.05, 0.1) is 29.2 Å². The van der Waals surface area contributed by atoms with E-state index in [1.807, 2.05) is 0 Å². The highest BCUT2D eigenvalue weighted by molar-refractivity contribution is 8.03. The average Bonchev–Trinajstić information content (AvgIpc) is 2.74. The van der Waals surface area contributed by atoms with Crippen molar-refractivity contribution in [1.82, 2.24) is 4.90 Å². The van der Waals surface area contributed by atoms with E-state index in [9.17, 15) is 14.4 Å². The van der Waals surface area contributed by atoms with Crippen LogP contribution in [0.2, 0.25) is 0 Å². The molecule has 0 saturated carbocycles. The number of amides is 1. The Labute approximate surface area is 168 Å². The maximum absolute atomic E-state index is 14.3. The number of benzene rings is 2.